The van der Waals surface area contributed by atoms with E-state index in [0.717, 1.165) is 0 Å². The number of allylic oxidation sites excluding steroid dienone is 2. The summed E-state index contributed by atoms with van der Waals surface area (Å²) in [5.41, 5.74) is 0. The Morgan fingerprint density at radius 3 is 1.87 bits per heavy atom. The summed E-state index contributed by atoms with van der Waals surface area (Å²) in [4.78, 5) is -1.16. The molecule has 0 heterocycles. The second kappa shape index (κ2) is 5.03. The van der Waals surface area contributed by atoms with Crippen LogP contribution in [0.2, 0.25) is 0 Å². The summed E-state index contributed by atoms with van der Waals surface area (Å²) in [5, 5.41) is 0.790. The molecule has 1 aliphatic rings. The number of hydrogen-bond donors (Lipinski definition) is 0. The molecule has 1 rings (SSSR count). The third-order valence-electron chi connectivity index (χ3n) is 2.19. The van der Waals surface area contributed by atoms with Gasteiger partial charge in [0.05, 0.1) is 26.2 Å². The standard InChI is InChI=1S/C9H9Cl5O/c1-3-15-4(2)9(14)7(12)5(10)6(11)8(9)13/h4H,3H2,1-2H3. The van der Waals surface area contributed by atoms with Gasteiger partial charge in [-0.3, -0.25) is 0 Å². The Morgan fingerprint density at radius 2 is 1.53 bits per heavy atom. The third kappa shape index (κ3) is 2.15. The van der Waals surface area contributed by atoms with Crippen LogP contribution >= 0.6 is 58.0 Å². The van der Waals surface area contributed by atoms with Crippen LogP contribution in [0.5, 0.6) is 0 Å². The molecule has 1 aliphatic carbocycles. The molecule has 1 unspecified atom stereocenters. The van der Waals surface area contributed by atoms with Crippen LogP contribution in [0, 0.1) is 0 Å². The molecule has 0 radical (unpaired) electrons. The maximum atomic E-state index is 6.32. The highest BCUT2D eigenvalue weighted by molar-refractivity contribution is 6.58. The highest BCUT2D eigenvalue weighted by Crippen LogP contribution is 2.53. The van der Waals surface area contributed by atoms with Crippen molar-refractivity contribution in [2.45, 2.75) is 24.8 Å². The Labute approximate surface area is 114 Å². The fraction of sp³-hybridized carbons (Fsp3) is 0.556. The minimum Gasteiger partial charge on any atom is -0.376 e. The number of ether oxygens (including phenoxy) is 1. The SMILES string of the molecule is CCOC(C)C1(Cl)C(Cl)=C(Cl)C(Cl)=C1Cl. The lowest BCUT2D eigenvalue weighted by molar-refractivity contribution is 0.0653. The molecule has 86 valence electrons. The van der Waals surface area contributed by atoms with E-state index in [2.05, 4.69) is 0 Å². The molecule has 6 heteroatoms. The Kier molecular flexibility index (Phi) is 4.68. The molecule has 0 bridgehead atoms. The lowest BCUT2D eigenvalue weighted by Crippen LogP contribution is -2.36. The third-order valence-corrected chi connectivity index (χ3v) is 5.09. The van der Waals surface area contributed by atoms with Gasteiger partial charge in [0.2, 0.25) is 0 Å². The van der Waals surface area contributed by atoms with E-state index in [1.165, 1.54) is 0 Å². The van der Waals surface area contributed by atoms with Gasteiger partial charge < -0.3 is 4.74 Å². The van der Waals surface area contributed by atoms with Crippen molar-refractivity contribution in [3.05, 3.63) is 20.1 Å². The van der Waals surface area contributed by atoms with E-state index in [9.17, 15) is 0 Å². The van der Waals surface area contributed by atoms with Crippen molar-refractivity contribution in [1.29, 1.82) is 0 Å². The summed E-state index contributed by atoms with van der Waals surface area (Å²) in [6, 6.07) is 0. The lowest BCUT2D eigenvalue weighted by Gasteiger charge is -2.29. The summed E-state index contributed by atoms with van der Waals surface area (Å²) in [6.07, 6.45) is -0.408. The zero-order valence-electron chi connectivity index (χ0n) is 8.08. The van der Waals surface area contributed by atoms with Crippen LogP contribution in [-0.4, -0.2) is 17.6 Å². The minimum absolute atomic E-state index is 0.185. The molecule has 0 amide bonds. The van der Waals surface area contributed by atoms with Gasteiger partial charge in [0.15, 0.2) is 0 Å². The topological polar surface area (TPSA) is 9.23 Å². The Morgan fingerprint density at radius 1 is 1.13 bits per heavy atom. The van der Waals surface area contributed by atoms with Crippen LogP contribution < -0.4 is 0 Å². The molecule has 1 nitrogen and oxygen atoms in total. The average molecular weight is 310 g/mol. The van der Waals surface area contributed by atoms with Crippen LogP contribution in [0.4, 0.5) is 0 Å². The predicted octanol–water partition coefficient (Wildman–Crippen LogP) is 4.78. The van der Waals surface area contributed by atoms with Gasteiger partial charge in [0.25, 0.3) is 0 Å². The van der Waals surface area contributed by atoms with Crippen LogP contribution in [0.3, 0.4) is 0 Å². The van der Waals surface area contributed by atoms with Crippen molar-refractivity contribution in [3.8, 4) is 0 Å². The van der Waals surface area contributed by atoms with E-state index in [0.29, 0.717) is 6.61 Å². The smallest absolute Gasteiger partial charge is 0.144 e. The quantitative estimate of drug-likeness (QED) is 0.682. The number of hydrogen-bond acceptors (Lipinski definition) is 1. The van der Waals surface area contributed by atoms with E-state index < -0.39 is 11.0 Å². The van der Waals surface area contributed by atoms with E-state index in [1.54, 1.807) is 6.92 Å². The lowest BCUT2D eigenvalue weighted by atomic mass is 10.0. The molecule has 1 atom stereocenters. The first-order valence-corrected chi connectivity index (χ1v) is 6.18. The summed E-state index contributed by atoms with van der Waals surface area (Å²) >= 11 is 30.1. The molecule has 0 aromatic heterocycles. The van der Waals surface area contributed by atoms with Crippen LogP contribution in [0.1, 0.15) is 13.8 Å². The maximum absolute atomic E-state index is 6.32. The van der Waals surface area contributed by atoms with Crippen molar-refractivity contribution >= 4 is 58.0 Å². The summed E-state index contributed by atoms with van der Waals surface area (Å²) in [5.74, 6) is 0. The first-order valence-electron chi connectivity index (χ1n) is 4.29. The van der Waals surface area contributed by atoms with Crippen molar-refractivity contribution in [2.75, 3.05) is 6.61 Å². The van der Waals surface area contributed by atoms with Crippen molar-refractivity contribution in [1.82, 2.24) is 0 Å². The summed E-state index contributed by atoms with van der Waals surface area (Å²) in [6.45, 7) is 4.12. The minimum atomic E-state index is -1.16. The van der Waals surface area contributed by atoms with Gasteiger partial charge in [0, 0.05) is 6.61 Å². The molecular weight excluding hydrogens is 301 g/mol. The monoisotopic (exact) mass is 308 g/mol. The van der Waals surface area contributed by atoms with Crippen molar-refractivity contribution in [3.63, 3.8) is 0 Å². The Balaban J connectivity index is 3.15. The first kappa shape index (κ1) is 14.0. The molecule has 0 aromatic rings. The average Bonchev–Trinajstić information content (AvgIpc) is 2.36. The largest absolute Gasteiger partial charge is 0.376 e. The van der Waals surface area contributed by atoms with Gasteiger partial charge >= 0.3 is 0 Å². The molecule has 15 heavy (non-hydrogen) atoms. The van der Waals surface area contributed by atoms with E-state index in [-0.39, 0.29) is 20.1 Å². The van der Waals surface area contributed by atoms with Gasteiger partial charge in [-0.05, 0) is 13.8 Å². The molecule has 0 N–H and O–H groups in total. The van der Waals surface area contributed by atoms with Crippen molar-refractivity contribution < 1.29 is 4.74 Å². The number of rotatable bonds is 3. The fourth-order valence-corrected chi connectivity index (χ4v) is 3.00. The Bertz CT molecular complexity index is 309. The van der Waals surface area contributed by atoms with Gasteiger partial charge in [-0.2, -0.15) is 0 Å². The van der Waals surface area contributed by atoms with Gasteiger partial charge in [-0.1, -0.05) is 46.4 Å². The molecule has 0 saturated heterocycles. The fourth-order valence-electron chi connectivity index (χ4n) is 1.33. The molecule has 0 saturated carbocycles. The summed E-state index contributed by atoms with van der Waals surface area (Å²) in [7, 11) is 0. The van der Waals surface area contributed by atoms with E-state index in [1.807, 2.05) is 6.92 Å². The number of alkyl halides is 1. The second-order valence-electron chi connectivity index (χ2n) is 3.07. The molecule has 0 fully saturated rings. The molecular formula is C9H9Cl5O. The van der Waals surface area contributed by atoms with E-state index in [4.69, 9.17) is 62.7 Å². The summed E-state index contributed by atoms with van der Waals surface area (Å²) < 4.78 is 5.38. The molecule has 0 spiro atoms. The van der Waals surface area contributed by atoms with Crippen LogP contribution in [-0.2, 0) is 4.74 Å². The second-order valence-corrected chi connectivity index (χ2v) is 5.17. The van der Waals surface area contributed by atoms with Crippen LogP contribution in [0.25, 0.3) is 0 Å². The normalized spacial score (nSPS) is 22.6. The van der Waals surface area contributed by atoms with Gasteiger partial charge in [0.1, 0.15) is 4.87 Å². The van der Waals surface area contributed by atoms with Gasteiger partial charge in [-0.15, -0.1) is 11.6 Å². The van der Waals surface area contributed by atoms with Crippen LogP contribution in [0.15, 0.2) is 20.1 Å². The first-order chi connectivity index (χ1) is 6.87. The zero-order valence-corrected chi connectivity index (χ0v) is 11.9. The van der Waals surface area contributed by atoms with E-state index >= 15 is 0 Å². The number of halogens is 5. The molecule has 0 aliphatic heterocycles. The highest BCUT2D eigenvalue weighted by atomic mass is 35.5. The van der Waals surface area contributed by atoms with Crippen molar-refractivity contribution in [2.24, 2.45) is 0 Å². The zero-order chi connectivity index (χ0) is 11.8. The Hall–Kier alpha value is 0.890. The highest BCUT2D eigenvalue weighted by Gasteiger charge is 2.49. The maximum Gasteiger partial charge on any atom is 0.144 e. The molecule has 0 aromatic carbocycles. The predicted molar refractivity (Wildman–Crippen MR) is 67.1 cm³/mol. The van der Waals surface area contributed by atoms with Gasteiger partial charge in [-0.25, -0.2) is 0 Å².